The molecule has 0 atom stereocenters. The highest BCUT2D eigenvalue weighted by Gasteiger charge is 2.29. The van der Waals surface area contributed by atoms with Crippen LogP contribution in [0.4, 0.5) is 0 Å². The summed E-state index contributed by atoms with van der Waals surface area (Å²) in [5, 5.41) is 0.484. The molecule has 8 heteroatoms. The number of carbonyl (C=O) groups excluding carboxylic acids is 1. The van der Waals surface area contributed by atoms with Crippen LogP contribution in [0.25, 0.3) is 6.08 Å². The first-order valence-corrected chi connectivity index (χ1v) is 9.55. The highest BCUT2D eigenvalue weighted by Crippen LogP contribution is 2.20. The molecule has 0 spiro atoms. The van der Waals surface area contributed by atoms with Gasteiger partial charge in [0.1, 0.15) is 5.76 Å². The molecule has 1 aromatic carbocycles. The maximum absolute atomic E-state index is 12.6. The molecule has 2 aromatic rings. The van der Waals surface area contributed by atoms with Gasteiger partial charge in [-0.25, -0.2) is 8.42 Å². The summed E-state index contributed by atoms with van der Waals surface area (Å²) in [6, 6.07) is 9.56. The molecular weight excluding hydrogens is 364 g/mol. The van der Waals surface area contributed by atoms with Gasteiger partial charge in [0.05, 0.1) is 11.2 Å². The Balaban J connectivity index is 1.61. The van der Waals surface area contributed by atoms with Crippen LogP contribution in [-0.4, -0.2) is 49.7 Å². The molecule has 1 saturated heterocycles. The molecule has 1 aromatic heterocycles. The van der Waals surface area contributed by atoms with E-state index in [0.29, 0.717) is 23.9 Å². The van der Waals surface area contributed by atoms with Crippen molar-refractivity contribution in [2.45, 2.75) is 4.90 Å². The van der Waals surface area contributed by atoms with E-state index in [0.717, 1.165) is 0 Å². The molecule has 0 saturated carbocycles. The van der Waals surface area contributed by atoms with Crippen LogP contribution in [-0.2, 0) is 14.8 Å². The van der Waals surface area contributed by atoms with Crippen LogP contribution < -0.4 is 0 Å². The Morgan fingerprint density at radius 2 is 1.76 bits per heavy atom. The van der Waals surface area contributed by atoms with E-state index in [2.05, 4.69) is 0 Å². The van der Waals surface area contributed by atoms with Crippen LogP contribution in [0.1, 0.15) is 5.76 Å². The number of hydrogen-bond donors (Lipinski definition) is 0. The van der Waals surface area contributed by atoms with Crippen molar-refractivity contribution in [3.8, 4) is 0 Å². The first-order chi connectivity index (χ1) is 12.0. The molecule has 0 bridgehead atoms. The van der Waals surface area contributed by atoms with Crippen molar-refractivity contribution >= 4 is 33.6 Å². The zero-order valence-corrected chi connectivity index (χ0v) is 14.9. The third kappa shape index (κ3) is 4.12. The lowest BCUT2D eigenvalue weighted by Gasteiger charge is -2.33. The summed E-state index contributed by atoms with van der Waals surface area (Å²) in [5.74, 6) is 0.428. The van der Waals surface area contributed by atoms with Gasteiger partial charge in [-0.2, -0.15) is 4.31 Å². The number of carbonyl (C=O) groups is 1. The van der Waals surface area contributed by atoms with E-state index < -0.39 is 10.0 Å². The van der Waals surface area contributed by atoms with Crippen LogP contribution in [0.3, 0.4) is 0 Å². The Morgan fingerprint density at radius 3 is 2.36 bits per heavy atom. The fourth-order valence-electron chi connectivity index (χ4n) is 2.55. The van der Waals surface area contributed by atoms with Crippen LogP contribution in [0.15, 0.2) is 58.1 Å². The van der Waals surface area contributed by atoms with Gasteiger partial charge in [-0.15, -0.1) is 0 Å². The number of nitrogens with zero attached hydrogens (tertiary/aromatic N) is 2. The first kappa shape index (κ1) is 17.7. The summed E-state index contributed by atoms with van der Waals surface area (Å²) in [6.07, 6.45) is 4.56. The van der Waals surface area contributed by atoms with E-state index in [1.807, 2.05) is 0 Å². The average Bonchev–Trinajstić information content (AvgIpc) is 3.14. The Labute approximate surface area is 151 Å². The van der Waals surface area contributed by atoms with E-state index in [1.165, 1.54) is 28.8 Å². The predicted octanol–water partition coefficient (Wildman–Crippen LogP) is 2.48. The topological polar surface area (TPSA) is 70.8 Å². The molecular formula is C17H17ClN2O4S. The minimum absolute atomic E-state index is 0.167. The van der Waals surface area contributed by atoms with Crippen molar-refractivity contribution in [1.82, 2.24) is 9.21 Å². The number of piperazine rings is 1. The molecule has 1 fully saturated rings. The van der Waals surface area contributed by atoms with E-state index in [9.17, 15) is 13.2 Å². The molecule has 6 nitrogen and oxygen atoms in total. The summed E-state index contributed by atoms with van der Waals surface area (Å²) in [6.45, 7) is 1.19. The van der Waals surface area contributed by atoms with E-state index >= 15 is 0 Å². The number of furan rings is 1. The quantitative estimate of drug-likeness (QED) is 0.764. The lowest BCUT2D eigenvalue weighted by atomic mass is 10.3. The average molecular weight is 381 g/mol. The van der Waals surface area contributed by atoms with Crippen molar-refractivity contribution in [2.75, 3.05) is 26.2 Å². The molecule has 0 N–H and O–H groups in total. The fraction of sp³-hybridized carbons (Fsp3) is 0.235. The predicted molar refractivity (Wildman–Crippen MR) is 94.5 cm³/mol. The van der Waals surface area contributed by atoms with Gasteiger partial charge >= 0.3 is 0 Å². The molecule has 25 heavy (non-hydrogen) atoms. The van der Waals surface area contributed by atoms with Crippen molar-refractivity contribution in [2.24, 2.45) is 0 Å². The van der Waals surface area contributed by atoms with Gasteiger partial charge in [0.2, 0.25) is 15.9 Å². The molecule has 1 aliphatic heterocycles. The third-order valence-electron chi connectivity index (χ3n) is 3.94. The molecule has 0 radical (unpaired) electrons. The van der Waals surface area contributed by atoms with Crippen molar-refractivity contribution < 1.29 is 17.6 Å². The highest BCUT2D eigenvalue weighted by molar-refractivity contribution is 7.89. The monoisotopic (exact) mass is 380 g/mol. The van der Waals surface area contributed by atoms with Crippen LogP contribution >= 0.6 is 11.6 Å². The number of hydrogen-bond acceptors (Lipinski definition) is 4. The van der Waals surface area contributed by atoms with Crippen LogP contribution in [0.5, 0.6) is 0 Å². The summed E-state index contributed by atoms with van der Waals surface area (Å²) in [4.78, 5) is 14.0. The second-order valence-electron chi connectivity index (χ2n) is 5.53. The van der Waals surface area contributed by atoms with Crippen molar-refractivity contribution in [1.29, 1.82) is 0 Å². The minimum atomic E-state index is -3.57. The molecule has 3 rings (SSSR count). The molecule has 1 aliphatic rings. The zero-order chi connectivity index (χ0) is 17.9. The van der Waals surface area contributed by atoms with E-state index in [-0.39, 0.29) is 23.9 Å². The number of benzene rings is 1. The second kappa shape index (κ2) is 7.43. The largest absolute Gasteiger partial charge is 0.465 e. The Bertz CT molecular complexity index is 853. The number of halogens is 1. The van der Waals surface area contributed by atoms with E-state index in [1.54, 1.807) is 35.2 Å². The van der Waals surface area contributed by atoms with Gasteiger partial charge in [-0.05, 0) is 42.5 Å². The number of sulfonamides is 1. The molecule has 0 unspecified atom stereocenters. The smallest absolute Gasteiger partial charge is 0.246 e. The summed E-state index contributed by atoms with van der Waals surface area (Å²) in [7, 11) is -3.57. The van der Waals surface area contributed by atoms with Crippen molar-refractivity contribution in [3.05, 3.63) is 59.5 Å². The van der Waals surface area contributed by atoms with E-state index in [4.69, 9.17) is 16.0 Å². The van der Waals surface area contributed by atoms with Gasteiger partial charge in [-0.1, -0.05) is 11.6 Å². The van der Waals surface area contributed by atoms with Gasteiger partial charge in [0.25, 0.3) is 0 Å². The Kier molecular flexibility index (Phi) is 5.27. The lowest BCUT2D eigenvalue weighted by Crippen LogP contribution is -2.50. The lowest BCUT2D eigenvalue weighted by molar-refractivity contribution is -0.127. The maximum Gasteiger partial charge on any atom is 0.246 e. The van der Waals surface area contributed by atoms with Gasteiger partial charge in [-0.3, -0.25) is 4.79 Å². The summed E-state index contributed by atoms with van der Waals surface area (Å²) >= 11 is 5.80. The molecule has 132 valence electrons. The minimum Gasteiger partial charge on any atom is -0.465 e. The SMILES string of the molecule is O=C(/C=C\c1ccco1)N1CCN(S(=O)(=O)c2ccc(Cl)cc2)CC1. The standard InChI is InChI=1S/C17H17ClN2O4S/c18-14-3-6-16(7-4-14)25(22,23)20-11-9-19(10-12-20)17(21)8-5-15-2-1-13-24-15/h1-8,13H,9-12H2/b8-5-. The second-order valence-corrected chi connectivity index (χ2v) is 7.91. The highest BCUT2D eigenvalue weighted by atomic mass is 35.5. The molecule has 0 aliphatic carbocycles. The maximum atomic E-state index is 12.6. The zero-order valence-electron chi connectivity index (χ0n) is 13.3. The number of amides is 1. The third-order valence-corrected chi connectivity index (χ3v) is 6.10. The normalized spacial score (nSPS) is 16.4. The van der Waals surface area contributed by atoms with Crippen molar-refractivity contribution in [3.63, 3.8) is 0 Å². The summed E-state index contributed by atoms with van der Waals surface area (Å²) in [5.41, 5.74) is 0. The summed E-state index contributed by atoms with van der Waals surface area (Å²) < 4.78 is 31.7. The Hall–Kier alpha value is -2.09. The van der Waals surface area contributed by atoms with Gasteiger partial charge in [0.15, 0.2) is 0 Å². The van der Waals surface area contributed by atoms with Crippen LogP contribution in [0.2, 0.25) is 5.02 Å². The Morgan fingerprint density at radius 1 is 1.08 bits per heavy atom. The van der Waals surface area contributed by atoms with Gasteiger partial charge < -0.3 is 9.32 Å². The first-order valence-electron chi connectivity index (χ1n) is 7.73. The molecule has 1 amide bonds. The van der Waals surface area contributed by atoms with Gasteiger partial charge in [0, 0.05) is 37.3 Å². The fourth-order valence-corrected chi connectivity index (χ4v) is 4.10. The molecule has 2 heterocycles. The van der Waals surface area contributed by atoms with Crippen LogP contribution in [0, 0.1) is 0 Å². The number of rotatable bonds is 4.